The van der Waals surface area contributed by atoms with Gasteiger partial charge in [-0.25, -0.2) is 0 Å². The maximum absolute atomic E-state index is 13.4. The molecule has 3 aromatic rings. The molecule has 0 heterocycles. The van der Waals surface area contributed by atoms with Gasteiger partial charge in [0.15, 0.2) is 0 Å². The van der Waals surface area contributed by atoms with Crippen molar-refractivity contribution in [3.8, 4) is 0 Å². The van der Waals surface area contributed by atoms with Crippen LogP contribution in [0.3, 0.4) is 0 Å². The van der Waals surface area contributed by atoms with E-state index < -0.39 is 26.0 Å². The van der Waals surface area contributed by atoms with Crippen LogP contribution in [0.4, 0.5) is 0 Å². The van der Waals surface area contributed by atoms with Crippen molar-refractivity contribution in [2.75, 3.05) is 0 Å². The molecule has 29 heavy (non-hydrogen) atoms. The van der Waals surface area contributed by atoms with Crippen LogP contribution in [0, 0.1) is 6.92 Å². The van der Waals surface area contributed by atoms with Gasteiger partial charge in [0.2, 0.25) is 0 Å². The van der Waals surface area contributed by atoms with Crippen molar-refractivity contribution in [1.82, 2.24) is 0 Å². The van der Waals surface area contributed by atoms with Crippen molar-refractivity contribution in [3.63, 3.8) is 0 Å². The van der Waals surface area contributed by atoms with Gasteiger partial charge in [-0.2, -0.15) is 0 Å². The zero-order valence-corrected chi connectivity index (χ0v) is 20.3. The number of benzene rings is 3. The fourth-order valence-electron chi connectivity index (χ4n) is 3.04. The average Bonchev–Trinajstić information content (AvgIpc) is 2.72. The average molecular weight is 538 g/mol. The van der Waals surface area contributed by atoms with Gasteiger partial charge >= 0.3 is 188 Å². The van der Waals surface area contributed by atoms with Crippen LogP contribution < -0.4 is 4.46 Å². The van der Waals surface area contributed by atoms with Crippen LogP contribution in [0.25, 0.3) is 0 Å². The normalized spacial score (nSPS) is 14.9. The molecule has 0 aliphatic rings. The summed E-state index contributed by atoms with van der Waals surface area (Å²) in [5, 5.41) is 10.5. The molecule has 6 heteroatoms. The van der Waals surface area contributed by atoms with Crippen LogP contribution in [0.5, 0.6) is 0 Å². The zero-order valence-electron chi connectivity index (χ0n) is 16.2. The van der Waals surface area contributed by atoms with Gasteiger partial charge < -0.3 is 0 Å². The minimum atomic E-state index is -3.59. The zero-order chi connectivity index (χ0) is 21.0. The molecule has 0 saturated heterocycles. The summed E-state index contributed by atoms with van der Waals surface area (Å²) < 4.78 is 28.7. The minimum absolute atomic E-state index is 0.231. The van der Waals surface area contributed by atoms with Crippen LogP contribution in [0.2, 0.25) is 4.82 Å². The Balaban J connectivity index is 1.98. The van der Waals surface area contributed by atoms with E-state index in [2.05, 4.69) is 15.9 Å². The summed E-state index contributed by atoms with van der Waals surface area (Å²) in [6, 6.07) is 24.1. The molecule has 0 saturated carbocycles. The van der Waals surface area contributed by atoms with Gasteiger partial charge in [-0.3, -0.25) is 0 Å². The summed E-state index contributed by atoms with van der Waals surface area (Å²) >= 11 is 3.18. The molecule has 0 aliphatic carbocycles. The predicted molar refractivity (Wildman–Crippen MR) is 123 cm³/mol. The number of sulfone groups is 1. The van der Waals surface area contributed by atoms with Gasteiger partial charge in [0, 0.05) is 0 Å². The summed E-state index contributed by atoms with van der Waals surface area (Å²) in [5.41, 5.74) is 1.73. The Kier molecular flexibility index (Phi) is 7.36. The Hall–Kier alpha value is -1.43. The molecule has 0 bridgehead atoms. The Morgan fingerprint density at radius 3 is 2.07 bits per heavy atom. The third kappa shape index (κ3) is 5.39. The van der Waals surface area contributed by atoms with Gasteiger partial charge in [0.1, 0.15) is 0 Å². The summed E-state index contributed by atoms with van der Waals surface area (Å²) in [6.45, 7) is 3.64. The van der Waals surface area contributed by atoms with E-state index in [0.717, 1.165) is 20.1 Å². The van der Waals surface area contributed by atoms with Crippen molar-refractivity contribution in [2.45, 2.75) is 34.9 Å². The van der Waals surface area contributed by atoms with Gasteiger partial charge in [0.25, 0.3) is 0 Å². The third-order valence-electron chi connectivity index (χ3n) is 4.84. The third-order valence-corrected chi connectivity index (χ3v) is 11.1. The molecule has 3 nitrogen and oxygen atoms in total. The fourth-order valence-corrected chi connectivity index (χ4v) is 8.28. The van der Waals surface area contributed by atoms with Gasteiger partial charge in [0.05, 0.1) is 0 Å². The summed E-state index contributed by atoms with van der Waals surface area (Å²) in [5.74, 6) is 0. The van der Waals surface area contributed by atoms with Crippen LogP contribution >= 0.6 is 15.9 Å². The topological polar surface area (TPSA) is 54.4 Å². The van der Waals surface area contributed by atoms with E-state index in [9.17, 15) is 13.5 Å². The first-order valence-electron chi connectivity index (χ1n) is 9.25. The molecule has 3 atom stereocenters. The maximum atomic E-state index is 13.4. The van der Waals surface area contributed by atoms with E-state index in [1.165, 1.54) is 0 Å². The Labute approximate surface area is 187 Å². The Morgan fingerprint density at radius 1 is 0.897 bits per heavy atom. The van der Waals surface area contributed by atoms with E-state index in [-0.39, 0.29) is 15.0 Å². The molecule has 0 fully saturated rings. The molecule has 1 N–H and O–H groups in total. The molecular weight excluding hydrogens is 515 g/mol. The van der Waals surface area contributed by atoms with Crippen LogP contribution in [0.15, 0.2) is 88.2 Å². The number of aliphatic hydroxyl groups excluding tert-OH is 1. The molecule has 3 aromatic carbocycles. The molecule has 0 aromatic heterocycles. The monoisotopic (exact) mass is 538 g/mol. The molecule has 0 radical (unpaired) electrons. The summed E-state index contributed by atoms with van der Waals surface area (Å²) in [6.07, 6.45) is -0.876. The van der Waals surface area contributed by atoms with Crippen molar-refractivity contribution >= 4 is 45.2 Å². The molecule has 0 amide bonds. The van der Waals surface area contributed by atoms with Crippen LogP contribution in [-0.2, 0) is 9.84 Å². The fraction of sp³-hybridized carbons (Fsp3) is 0.217. The predicted octanol–water partition coefficient (Wildman–Crippen LogP) is 4.47. The standard InChI is InChI=1S/C23H23BrO3SSe/c1-16-8-14-20(15-9-16)28(26,27)17(2)23(29-21-6-4-3-5-7-21)22(25)18-10-12-19(24)13-11-18/h3-15,17,22-23,25H,1-2H3/t17-,22-,23-/m0/s1. The molecule has 152 valence electrons. The first kappa shape index (κ1) is 22.3. The summed E-state index contributed by atoms with van der Waals surface area (Å²) in [7, 11) is -3.59. The second-order valence-corrected chi connectivity index (χ2v) is 12.8. The van der Waals surface area contributed by atoms with E-state index in [1.807, 2.05) is 73.7 Å². The number of halogens is 1. The first-order chi connectivity index (χ1) is 13.8. The number of hydrogen-bond donors (Lipinski definition) is 1. The van der Waals surface area contributed by atoms with Crippen molar-refractivity contribution < 1.29 is 13.5 Å². The van der Waals surface area contributed by atoms with E-state index >= 15 is 0 Å². The summed E-state index contributed by atoms with van der Waals surface area (Å²) in [4.78, 5) is -0.134. The van der Waals surface area contributed by atoms with E-state index in [0.29, 0.717) is 4.90 Å². The molecule has 0 unspecified atom stereocenters. The van der Waals surface area contributed by atoms with E-state index in [1.54, 1.807) is 19.1 Å². The van der Waals surface area contributed by atoms with Crippen LogP contribution in [0.1, 0.15) is 24.2 Å². The van der Waals surface area contributed by atoms with E-state index in [4.69, 9.17) is 0 Å². The quantitative estimate of drug-likeness (QED) is 0.452. The second kappa shape index (κ2) is 9.59. The van der Waals surface area contributed by atoms with Crippen LogP contribution in [-0.4, -0.2) is 33.7 Å². The first-order valence-corrected chi connectivity index (χ1v) is 13.4. The number of aliphatic hydroxyl groups is 1. The van der Waals surface area contributed by atoms with Crippen molar-refractivity contribution in [3.05, 3.63) is 94.5 Å². The van der Waals surface area contributed by atoms with Gasteiger partial charge in [-0.05, 0) is 0 Å². The molecule has 0 spiro atoms. The van der Waals surface area contributed by atoms with Crippen molar-refractivity contribution in [2.24, 2.45) is 0 Å². The Morgan fingerprint density at radius 2 is 1.48 bits per heavy atom. The second-order valence-electron chi connectivity index (χ2n) is 6.96. The SMILES string of the molecule is Cc1ccc(S(=O)(=O)[C@@H](C)[C@H]([Se]c2ccccc2)[C@@H](O)c2ccc(Br)cc2)cc1. The number of rotatable bonds is 7. The van der Waals surface area contributed by atoms with Crippen molar-refractivity contribution in [1.29, 1.82) is 0 Å². The molecule has 0 aliphatic heterocycles. The number of aryl methyl sites for hydroxylation is 1. The molecular formula is C23H23BrO3SSe. The Bertz CT molecular complexity index is 1040. The van der Waals surface area contributed by atoms with Gasteiger partial charge in [-0.1, -0.05) is 0 Å². The number of hydrogen-bond acceptors (Lipinski definition) is 3. The molecule has 3 rings (SSSR count). The van der Waals surface area contributed by atoms with Gasteiger partial charge in [-0.15, -0.1) is 0 Å².